The molecule has 0 aliphatic carbocycles. The molecule has 1 amide bonds. The van der Waals surface area contributed by atoms with E-state index < -0.39 is 0 Å². The van der Waals surface area contributed by atoms with E-state index in [0.717, 1.165) is 25.9 Å². The Labute approximate surface area is 118 Å². The second-order valence-corrected chi connectivity index (χ2v) is 5.74. The summed E-state index contributed by atoms with van der Waals surface area (Å²) in [6.45, 7) is 3.84. The molecule has 2 aromatic rings. The van der Waals surface area contributed by atoms with Crippen LogP contribution in [0.3, 0.4) is 0 Å². The highest BCUT2D eigenvalue weighted by Gasteiger charge is 2.34. The average Bonchev–Trinajstić information content (AvgIpc) is 3.02. The number of hydrogen-bond acceptors (Lipinski definition) is 2. The fourth-order valence-corrected chi connectivity index (χ4v) is 3.04. The zero-order valence-corrected chi connectivity index (χ0v) is 11.7. The molecule has 0 spiro atoms. The van der Waals surface area contributed by atoms with Crippen molar-refractivity contribution in [1.29, 1.82) is 0 Å². The van der Waals surface area contributed by atoms with Gasteiger partial charge in [0.05, 0.1) is 11.8 Å². The normalized spacial score (nSPS) is 22.8. The molecule has 1 N–H and O–H groups in total. The summed E-state index contributed by atoms with van der Waals surface area (Å²) in [6, 6.07) is 10.5. The molecule has 3 rings (SSSR count). The van der Waals surface area contributed by atoms with Crippen molar-refractivity contribution in [1.82, 2.24) is 15.1 Å². The Hall–Kier alpha value is -2.10. The van der Waals surface area contributed by atoms with Crippen LogP contribution in [-0.4, -0.2) is 34.1 Å². The van der Waals surface area contributed by atoms with Crippen LogP contribution in [0.1, 0.15) is 35.7 Å². The van der Waals surface area contributed by atoms with Crippen molar-refractivity contribution in [2.24, 2.45) is 0 Å². The summed E-state index contributed by atoms with van der Waals surface area (Å²) in [5.74, 6) is 0.0700. The van der Waals surface area contributed by atoms with E-state index in [0.29, 0.717) is 5.56 Å². The molecule has 4 heteroatoms. The van der Waals surface area contributed by atoms with Gasteiger partial charge in [-0.1, -0.05) is 37.3 Å². The molecular weight excluding hydrogens is 250 g/mol. The Morgan fingerprint density at radius 1 is 1.35 bits per heavy atom. The van der Waals surface area contributed by atoms with E-state index in [1.54, 1.807) is 12.4 Å². The van der Waals surface area contributed by atoms with Crippen LogP contribution >= 0.6 is 0 Å². The molecule has 1 atom stereocenters. The van der Waals surface area contributed by atoms with Crippen molar-refractivity contribution >= 4 is 5.91 Å². The van der Waals surface area contributed by atoms with Gasteiger partial charge in [0.25, 0.3) is 5.91 Å². The number of amides is 1. The van der Waals surface area contributed by atoms with Gasteiger partial charge in [-0.2, -0.15) is 5.10 Å². The van der Waals surface area contributed by atoms with Crippen LogP contribution < -0.4 is 0 Å². The number of piperidine rings is 1. The molecule has 0 saturated carbocycles. The van der Waals surface area contributed by atoms with Gasteiger partial charge < -0.3 is 4.90 Å². The first-order valence-corrected chi connectivity index (χ1v) is 7.03. The number of nitrogens with one attached hydrogen (secondary N) is 1. The Morgan fingerprint density at radius 3 is 2.85 bits per heavy atom. The van der Waals surface area contributed by atoms with Gasteiger partial charge in [0, 0.05) is 24.7 Å². The average molecular weight is 269 g/mol. The van der Waals surface area contributed by atoms with Crippen LogP contribution in [0.4, 0.5) is 0 Å². The lowest BCUT2D eigenvalue weighted by atomic mass is 9.76. The first-order chi connectivity index (χ1) is 9.69. The molecule has 2 heterocycles. The van der Waals surface area contributed by atoms with Gasteiger partial charge in [0.15, 0.2) is 0 Å². The van der Waals surface area contributed by atoms with Gasteiger partial charge in [-0.05, 0) is 18.4 Å². The maximum absolute atomic E-state index is 12.4. The minimum absolute atomic E-state index is 0.0406. The van der Waals surface area contributed by atoms with E-state index in [1.165, 1.54) is 5.56 Å². The third-order valence-corrected chi connectivity index (χ3v) is 4.20. The van der Waals surface area contributed by atoms with Crippen LogP contribution in [0, 0.1) is 0 Å². The molecule has 0 bridgehead atoms. The lowest BCUT2D eigenvalue weighted by molar-refractivity contribution is 0.0651. The monoisotopic (exact) mass is 269 g/mol. The van der Waals surface area contributed by atoms with Crippen molar-refractivity contribution in [2.45, 2.75) is 25.2 Å². The van der Waals surface area contributed by atoms with E-state index in [-0.39, 0.29) is 11.3 Å². The zero-order chi connectivity index (χ0) is 14.0. The number of aromatic nitrogens is 2. The predicted octanol–water partition coefficient (Wildman–Crippen LogP) is 2.60. The number of carbonyl (C=O) groups excluding carboxylic acids is 1. The number of benzene rings is 1. The topological polar surface area (TPSA) is 49.0 Å². The molecule has 0 radical (unpaired) electrons. The summed E-state index contributed by atoms with van der Waals surface area (Å²) in [7, 11) is 0. The standard InChI is InChI=1S/C16H19N3O/c1-16(14-6-3-2-4-7-14)8-5-9-19(12-16)15(20)13-10-17-18-11-13/h2-4,6-7,10-11H,5,8-9,12H2,1H3,(H,17,18)/t16-/m0/s1. The summed E-state index contributed by atoms with van der Waals surface area (Å²) >= 11 is 0. The van der Waals surface area contributed by atoms with E-state index in [2.05, 4.69) is 41.4 Å². The highest BCUT2D eigenvalue weighted by molar-refractivity contribution is 5.93. The molecule has 4 nitrogen and oxygen atoms in total. The van der Waals surface area contributed by atoms with Crippen LogP contribution in [0.2, 0.25) is 0 Å². The van der Waals surface area contributed by atoms with Gasteiger partial charge in [-0.25, -0.2) is 0 Å². The number of hydrogen-bond donors (Lipinski definition) is 1. The van der Waals surface area contributed by atoms with Crippen molar-refractivity contribution in [2.75, 3.05) is 13.1 Å². The van der Waals surface area contributed by atoms with Crippen LogP contribution in [-0.2, 0) is 5.41 Å². The van der Waals surface area contributed by atoms with E-state index in [1.807, 2.05) is 11.0 Å². The highest BCUT2D eigenvalue weighted by atomic mass is 16.2. The van der Waals surface area contributed by atoms with E-state index in [4.69, 9.17) is 0 Å². The van der Waals surface area contributed by atoms with E-state index in [9.17, 15) is 4.79 Å². The van der Waals surface area contributed by atoms with Crippen molar-refractivity contribution in [3.63, 3.8) is 0 Å². The molecule has 1 aromatic carbocycles. The van der Waals surface area contributed by atoms with Gasteiger partial charge in [-0.3, -0.25) is 9.89 Å². The molecule has 1 aromatic heterocycles. The lowest BCUT2D eigenvalue weighted by Gasteiger charge is -2.40. The van der Waals surface area contributed by atoms with Gasteiger partial charge in [0.1, 0.15) is 0 Å². The zero-order valence-electron chi connectivity index (χ0n) is 11.7. The number of aromatic amines is 1. The number of nitrogens with zero attached hydrogens (tertiary/aromatic N) is 2. The Balaban J connectivity index is 1.82. The van der Waals surface area contributed by atoms with Crippen molar-refractivity contribution in [3.05, 3.63) is 53.9 Å². The minimum atomic E-state index is 0.0406. The molecule has 0 unspecified atom stereocenters. The van der Waals surface area contributed by atoms with Crippen LogP contribution in [0.15, 0.2) is 42.7 Å². The van der Waals surface area contributed by atoms with Gasteiger partial charge >= 0.3 is 0 Å². The number of likely N-dealkylation sites (tertiary alicyclic amines) is 1. The minimum Gasteiger partial charge on any atom is -0.338 e. The van der Waals surface area contributed by atoms with Crippen molar-refractivity contribution in [3.8, 4) is 0 Å². The molecule has 104 valence electrons. The molecule has 1 aliphatic heterocycles. The first-order valence-electron chi connectivity index (χ1n) is 7.03. The summed E-state index contributed by atoms with van der Waals surface area (Å²) in [5, 5.41) is 6.56. The third-order valence-electron chi connectivity index (χ3n) is 4.20. The first kappa shape index (κ1) is 12.9. The van der Waals surface area contributed by atoms with Crippen LogP contribution in [0.5, 0.6) is 0 Å². The second kappa shape index (κ2) is 5.12. The second-order valence-electron chi connectivity index (χ2n) is 5.74. The summed E-state index contributed by atoms with van der Waals surface area (Å²) in [5.41, 5.74) is 1.99. The smallest absolute Gasteiger partial charge is 0.257 e. The number of carbonyl (C=O) groups is 1. The predicted molar refractivity (Wildman–Crippen MR) is 77.5 cm³/mol. The fourth-order valence-electron chi connectivity index (χ4n) is 3.04. The van der Waals surface area contributed by atoms with E-state index >= 15 is 0 Å². The number of rotatable bonds is 2. The number of H-pyrrole nitrogens is 1. The third kappa shape index (κ3) is 2.33. The Bertz CT molecular complexity index is 579. The molecule has 1 saturated heterocycles. The largest absolute Gasteiger partial charge is 0.338 e. The fraction of sp³-hybridized carbons (Fsp3) is 0.375. The maximum Gasteiger partial charge on any atom is 0.257 e. The molecule has 1 fully saturated rings. The molecule has 20 heavy (non-hydrogen) atoms. The van der Waals surface area contributed by atoms with Gasteiger partial charge in [0.2, 0.25) is 0 Å². The Kier molecular flexibility index (Phi) is 3.30. The summed E-state index contributed by atoms with van der Waals surface area (Å²) in [6.07, 6.45) is 5.41. The summed E-state index contributed by atoms with van der Waals surface area (Å²) in [4.78, 5) is 14.4. The quantitative estimate of drug-likeness (QED) is 0.911. The highest BCUT2D eigenvalue weighted by Crippen LogP contribution is 2.33. The SMILES string of the molecule is C[C@]1(c2ccccc2)CCCN(C(=O)c2cn[nH]c2)C1. The van der Waals surface area contributed by atoms with Gasteiger partial charge in [-0.15, -0.1) is 0 Å². The summed E-state index contributed by atoms with van der Waals surface area (Å²) < 4.78 is 0. The lowest BCUT2D eigenvalue weighted by Crippen LogP contribution is -2.47. The maximum atomic E-state index is 12.4. The molecule has 1 aliphatic rings. The van der Waals surface area contributed by atoms with Crippen molar-refractivity contribution < 1.29 is 4.79 Å². The van der Waals surface area contributed by atoms with Crippen LogP contribution in [0.25, 0.3) is 0 Å². The molecular formula is C16H19N3O. The Morgan fingerprint density at radius 2 is 2.15 bits per heavy atom.